The van der Waals surface area contributed by atoms with Gasteiger partial charge >= 0.3 is 6.09 Å². The Bertz CT molecular complexity index is 842. The first-order valence-corrected chi connectivity index (χ1v) is 13.2. The largest absolute Gasteiger partial charge is 0.448 e. The summed E-state index contributed by atoms with van der Waals surface area (Å²) in [6.07, 6.45) is 3.60. The van der Waals surface area contributed by atoms with Crippen LogP contribution in [0.2, 0.25) is 5.02 Å². The van der Waals surface area contributed by atoms with E-state index in [4.69, 9.17) is 21.4 Å². The average molecular weight is 488 g/mol. The second kappa shape index (κ2) is 11.7. The quantitative estimate of drug-likeness (QED) is 0.606. The van der Waals surface area contributed by atoms with Gasteiger partial charge in [-0.2, -0.15) is 4.31 Å². The molecule has 0 saturated carbocycles. The molecule has 0 aromatic heterocycles. The number of amides is 1. The number of sulfonamides is 1. The molecule has 1 aromatic carbocycles. The van der Waals surface area contributed by atoms with E-state index in [1.54, 1.807) is 21.3 Å². The molecule has 8 nitrogen and oxygen atoms in total. The summed E-state index contributed by atoms with van der Waals surface area (Å²) >= 11 is 5.95. The van der Waals surface area contributed by atoms with E-state index in [9.17, 15) is 13.2 Å². The van der Waals surface area contributed by atoms with Crippen molar-refractivity contribution in [2.75, 3.05) is 45.9 Å². The number of aliphatic hydroxyl groups excluding tert-OH is 1. The molecule has 1 amide bonds. The number of ether oxygens (including phenoxy) is 1. The Morgan fingerprint density at radius 2 is 1.78 bits per heavy atom. The smallest absolute Gasteiger partial charge is 0.409 e. The van der Waals surface area contributed by atoms with Crippen molar-refractivity contribution in [1.82, 2.24) is 14.1 Å². The summed E-state index contributed by atoms with van der Waals surface area (Å²) in [5.74, 6) is 0. The molecule has 0 spiro atoms. The van der Waals surface area contributed by atoms with Crippen molar-refractivity contribution in [3.63, 3.8) is 0 Å². The molecule has 2 atom stereocenters. The first kappa shape index (κ1) is 25.2. The third-order valence-electron chi connectivity index (χ3n) is 6.25. The second-order valence-electron chi connectivity index (χ2n) is 8.45. The van der Waals surface area contributed by atoms with Gasteiger partial charge in [-0.25, -0.2) is 13.2 Å². The van der Waals surface area contributed by atoms with Crippen LogP contribution < -0.4 is 0 Å². The topological polar surface area (TPSA) is 90.4 Å². The van der Waals surface area contributed by atoms with E-state index in [0.717, 1.165) is 25.7 Å². The number of carbonyl (C=O) groups excluding carboxylic acids is 1. The van der Waals surface area contributed by atoms with Crippen LogP contribution in [0.25, 0.3) is 0 Å². The molecule has 2 heterocycles. The van der Waals surface area contributed by atoms with Gasteiger partial charge in [0.2, 0.25) is 10.0 Å². The van der Waals surface area contributed by atoms with Gasteiger partial charge in [-0.05, 0) is 43.5 Å². The Balaban J connectivity index is 1.69. The number of piperazine rings is 1. The molecule has 2 aliphatic rings. The Labute approximate surface area is 196 Å². The maximum Gasteiger partial charge on any atom is 0.409 e. The molecule has 0 aliphatic carbocycles. The minimum Gasteiger partial charge on any atom is -0.448 e. The summed E-state index contributed by atoms with van der Waals surface area (Å²) in [4.78, 5) is 16.6. The molecule has 180 valence electrons. The molecule has 0 unspecified atom stereocenters. The number of benzene rings is 1. The first-order valence-electron chi connectivity index (χ1n) is 11.4. The fourth-order valence-corrected chi connectivity index (χ4v) is 6.59. The molecule has 0 radical (unpaired) electrons. The van der Waals surface area contributed by atoms with Gasteiger partial charge in [-0.15, -0.1) is 0 Å². The minimum atomic E-state index is -3.75. The van der Waals surface area contributed by atoms with E-state index in [-0.39, 0.29) is 30.2 Å². The van der Waals surface area contributed by atoms with Crippen LogP contribution >= 0.6 is 11.6 Å². The molecule has 2 fully saturated rings. The monoisotopic (exact) mass is 487 g/mol. The van der Waals surface area contributed by atoms with E-state index in [0.29, 0.717) is 44.2 Å². The van der Waals surface area contributed by atoms with Gasteiger partial charge in [0, 0.05) is 43.8 Å². The van der Waals surface area contributed by atoms with Crippen LogP contribution in [-0.2, 0) is 14.8 Å². The standard InChI is InChI=1S/C22H34ClN3O5S/c1-2-4-19-5-3-6-20(26(19)32(29,30)21-9-7-18(23)8-10-21)17-31-22(28)25-13-11-24(12-14-25)15-16-27/h7-10,19-20,27H,2-6,11-17H2,1H3/t19-,20-/m0/s1. The van der Waals surface area contributed by atoms with Crippen molar-refractivity contribution < 1.29 is 23.1 Å². The predicted octanol–water partition coefficient (Wildman–Crippen LogP) is 2.80. The minimum absolute atomic E-state index is 0.0444. The molecule has 2 saturated heterocycles. The fraction of sp³-hybridized carbons (Fsp3) is 0.682. The fourth-order valence-electron chi connectivity index (χ4n) is 4.58. The molecule has 1 aromatic rings. The van der Waals surface area contributed by atoms with Crippen molar-refractivity contribution in [1.29, 1.82) is 0 Å². The Kier molecular flexibility index (Phi) is 9.19. The highest BCUT2D eigenvalue weighted by Crippen LogP contribution is 2.32. The number of piperidine rings is 1. The number of carbonyl (C=O) groups is 1. The number of halogens is 1. The lowest BCUT2D eigenvalue weighted by Gasteiger charge is -2.41. The van der Waals surface area contributed by atoms with E-state index in [1.807, 2.05) is 6.92 Å². The number of nitrogens with zero attached hydrogens (tertiary/aromatic N) is 3. The summed E-state index contributed by atoms with van der Waals surface area (Å²) < 4.78 is 34.3. The van der Waals surface area contributed by atoms with Gasteiger partial charge in [-0.1, -0.05) is 31.4 Å². The SMILES string of the molecule is CCC[C@H]1CCC[C@@H](COC(=O)N2CCN(CCO)CC2)N1S(=O)(=O)c1ccc(Cl)cc1. The Hall–Kier alpha value is -1.39. The Morgan fingerprint density at radius 1 is 1.12 bits per heavy atom. The van der Waals surface area contributed by atoms with Crippen LogP contribution in [0.15, 0.2) is 29.2 Å². The lowest BCUT2D eigenvalue weighted by atomic mass is 9.96. The van der Waals surface area contributed by atoms with Gasteiger partial charge in [0.1, 0.15) is 6.61 Å². The van der Waals surface area contributed by atoms with Crippen molar-refractivity contribution in [3.05, 3.63) is 29.3 Å². The van der Waals surface area contributed by atoms with Crippen molar-refractivity contribution >= 4 is 27.7 Å². The lowest BCUT2D eigenvalue weighted by Crippen LogP contribution is -2.53. The van der Waals surface area contributed by atoms with Crippen LogP contribution in [0.1, 0.15) is 39.0 Å². The number of hydrogen-bond donors (Lipinski definition) is 1. The van der Waals surface area contributed by atoms with Gasteiger partial charge in [0.15, 0.2) is 0 Å². The first-order chi connectivity index (χ1) is 15.4. The van der Waals surface area contributed by atoms with Gasteiger partial charge < -0.3 is 14.7 Å². The number of rotatable bonds is 8. The van der Waals surface area contributed by atoms with Crippen molar-refractivity contribution in [2.45, 2.75) is 56.0 Å². The van der Waals surface area contributed by atoms with Crippen molar-refractivity contribution in [3.8, 4) is 0 Å². The molecule has 32 heavy (non-hydrogen) atoms. The molecule has 1 N–H and O–H groups in total. The zero-order valence-corrected chi connectivity index (χ0v) is 20.2. The Morgan fingerprint density at radius 3 is 2.41 bits per heavy atom. The van der Waals surface area contributed by atoms with E-state index < -0.39 is 16.1 Å². The maximum absolute atomic E-state index is 13.5. The molecular weight excluding hydrogens is 454 g/mol. The van der Waals surface area contributed by atoms with Crippen LogP contribution in [0.3, 0.4) is 0 Å². The third kappa shape index (κ3) is 6.14. The van der Waals surface area contributed by atoms with E-state index in [1.165, 1.54) is 12.1 Å². The molecule has 2 aliphatic heterocycles. The highest BCUT2D eigenvalue weighted by Gasteiger charge is 2.40. The third-order valence-corrected chi connectivity index (χ3v) is 8.52. The van der Waals surface area contributed by atoms with Crippen LogP contribution in [0.4, 0.5) is 4.79 Å². The van der Waals surface area contributed by atoms with Gasteiger partial charge in [0.25, 0.3) is 0 Å². The average Bonchev–Trinajstić information content (AvgIpc) is 2.78. The van der Waals surface area contributed by atoms with Gasteiger partial charge in [0.05, 0.1) is 17.5 Å². The molecule has 0 bridgehead atoms. The summed E-state index contributed by atoms with van der Waals surface area (Å²) in [5, 5.41) is 9.54. The maximum atomic E-state index is 13.5. The zero-order chi connectivity index (χ0) is 23.1. The zero-order valence-electron chi connectivity index (χ0n) is 18.7. The van der Waals surface area contributed by atoms with E-state index >= 15 is 0 Å². The molecule has 3 rings (SSSR count). The number of aliphatic hydroxyl groups is 1. The molecule has 10 heteroatoms. The van der Waals surface area contributed by atoms with E-state index in [2.05, 4.69) is 4.90 Å². The summed E-state index contributed by atoms with van der Waals surface area (Å²) in [6, 6.07) is 5.73. The summed E-state index contributed by atoms with van der Waals surface area (Å²) in [7, 11) is -3.75. The molecular formula is C22H34ClN3O5S. The van der Waals surface area contributed by atoms with Crippen molar-refractivity contribution in [2.24, 2.45) is 0 Å². The predicted molar refractivity (Wildman–Crippen MR) is 123 cm³/mol. The summed E-state index contributed by atoms with van der Waals surface area (Å²) in [5.41, 5.74) is 0. The highest BCUT2D eigenvalue weighted by atomic mass is 35.5. The normalized spacial score (nSPS) is 23.3. The summed E-state index contributed by atoms with van der Waals surface area (Å²) in [6.45, 7) is 5.24. The number of β-amino-alcohol motifs (C(OH)–C–C–N with tert-alkyl or cyclic N) is 1. The van der Waals surface area contributed by atoms with Crippen LogP contribution in [-0.4, -0.2) is 91.7 Å². The van der Waals surface area contributed by atoms with Crippen LogP contribution in [0.5, 0.6) is 0 Å². The lowest BCUT2D eigenvalue weighted by molar-refractivity contribution is 0.0459. The second-order valence-corrected chi connectivity index (χ2v) is 10.7. The number of hydrogen-bond acceptors (Lipinski definition) is 6. The van der Waals surface area contributed by atoms with Gasteiger partial charge in [-0.3, -0.25) is 4.90 Å². The highest BCUT2D eigenvalue weighted by molar-refractivity contribution is 7.89. The van der Waals surface area contributed by atoms with Crippen LogP contribution in [0, 0.1) is 0 Å².